The van der Waals surface area contributed by atoms with Crippen molar-refractivity contribution in [3.05, 3.63) is 85.3 Å². The Labute approximate surface area is 242 Å². The lowest BCUT2D eigenvalue weighted by atomic mass is 10.1. The minimum absolute atomic E-state index is 0.197. The van der Waals surface area contributed by atoms with E-state index in [1.54, 1.807) is 42.5 Å². The largest absolute Gasteiger partial charge is 0.495 e. The Morgan fingerprint density at radius 1 is 1.05 bits per heavy atom. The van der Waals surface area contributed by atoms with E-state index >= 15 is 0 Å². The van der Waals surface area contributed by atoms with Gasteiger partial charge in [-0.3, -0.25) is 19.3 Å². The van der Waals surface area contributed by atoms with E-state index in [4.69, 9.17) is 25.8 Å². The number of halogens is 2. The van der Waals surface area contributed by atoms with Gasteiger partial charge < -0.3 is 19.5 Å². The van der Waals surface area contributed by atoms with Crippen LogP contribution in [-0.4, -0.2) is 42.7 Å². The molecule has 0 saturated carbocycles. The maximum absolute atomic E-state index is 13.0. The first kappa shape index (κ1) is 27.8. The van der Waals surface area contributed by atoms with Gasteiger partial charge in [0.05, 0.1) is 28.4 Å². The fraction of sp³-hybridized carbons (Fsp3) is 0.148. The van der Waals surface area contributed by atoms with E-state index in [9.17, 15) is 14.4 Å². The number of nitrogens with zero attached hydrogens (tertiary/aromatic N) is 1. The van der Waals surface area contributed by atoms with Crippen LogP contribution < -0.4 is 19.5 Å². The highest BCUT2D eigenvalue weighted by atomic mass is 127. The third kappa shape index (κ3) is 6.43. The number of para-hydroxylation sites is 2. The zero-order valence-corrected chi connectivity index (χ0v) is 24.1. The molecule has 1 fully saturated rings. The standard InChI is InChI=1S/C27H22ClIN2O6S/c1-35-21-10-6-5-9-20(21)30-24(32)14-31-26(33)23(38-27(31)34)13-16-11-19(29)25(22(12-16)36-2)37-15-17-7-3-4-8-18(17)28/h3-13H,14-15H2,1-2H3,(H,30,32)/b23-13+. The number of imide groups is 1. The molecule has 1 saturated heterocycles. The van der Waals surface area contributed by atoms with E-state index in [0.29, 0.717) is 33.5 Å². The Morgan fingerprint density at radius 2 is 1.76 bits per heavy atom. The number of nitrogens with one attached hydrogen (secondary N) is 1. The Balaban J connectivity index is 1.48. The molecule has 4 rings (SSSR count). The topological polar surface area (TPSA) is 94.2 Å². The summed E-state index contributed by atoms with van der Waals surface area (Å²) in [7, 11) is 3.01. The quantitative estimate of drug-likeness (QED) is 0.215. The van der Waals surface area contributed by atoms with Crippen molar-refractivity contribution in [1.82, 2.24) is 4.90 Å². The fourth-order valence-electron chi connectivity index (χ4n) is 3.60. The van der Waals surface area contributed by atoms with Crippen LogP contribution in [0.2, 0.25) is 5.02 Å². The molecule has 1 heterocycles. The number of benzene rings is 3. The molecule has 0 aliphatic carbocycles. The SMILES string of the molecule is COc1ccccc1NC(=O)CN1C(=O)S/C(=C/c2cc(I)c(OCc3ccccc3Cl)c(OC)c2)C1=O. The molecule has 1 N–H and O–H groups in total. The molecule has 0 spiro atoms. The lowest BCUT2D eigenvalue weighted by molar-refractivity contribution is -0.127. The van der Waals surface area contributed by atoms with E-state index in [2.05, 4.69) is 27.9 Å². The highest BCUT2D eigenvalue weighted by Crippen LogP contribution is 2.38. The van der Waals surface area contributed by atoms with Gasteiger partial charge in [-0.25, -0.2) is 0 Å². The molecule has 0 atom stereocenters. The molecule has 0 aromatic heterocycles. The molecule has 11 heteroatoms. The first-order valence-electron chi connectivity index (χ1n) is 11.2. The normalized spacial score (nSPS) is 14.1. The van der Waals surface area contributed by atoms with Crippen LogP contribution in [0.3, 0.4) is 0 Å². The molecule has 196 valence electrons. The van der Waals surface area contributed by atoms with Gasteiger partial charge in [0.2, 0.25) is 5.91 Å². The number of thioether (sulfide) groups is 1. The molecule has 38 heavy (non-hydrogen) atoms. The summed E-state index contributed by atoms with van der Waals surface area (Å²) in [5.74, 6) is 0.395. The third-order valence-electron chi connectivity index (χ3n) is 5.44. The highest BCUT2D eigenvalue weighted by Gasteiger charge is 2.36. The van der Waals surface area contributed by atoms with Gasteiger partial charge in [0.25, 0.3) is 11.1 Å². The van der Waals surface area contributed by atoms with E-state index in [1.807, 2.05) is 24.3 Å². The van der Waals surface area contributed by atoms with Crippen molar-refractivity contribution in [2.45, 2.75) is 6.61 Å². The lowest BCUT2D eigenvalue weighted by Gasteiger charge is -2.15. The minimum Gasteiger partial charge on any atom is -0.495 e. The Morgan fingerprint density at radius 3 is 2.50 bits per heavy atom. The zero-order valence-electron chi connectivity index (χ0n) is 20.3. The van der Waals surface area contributed by atoms with Gasteiger partial charge >= 0.3 is 0 Å². The van der Waals surface area contributed by atoms with Gasteiger partial charge in [0.15, 0.2) is 11.5 Å². The van der Waals surface area contributed by atoms with E-state index < -0.39 is 23.6 Å². The second kappa shape index (κ2) is 12.5. The molecule has 1 aliphatic rings. The van der Waals surface area contributed by atoms with Crippen molar-refractivity contribution >= 4 is 74.8 Å². The van der Waals surface area contributed by atoms with Crippen LogP contribution in [0, 0.1) is 3.57 Å². The average Bonchev–Trinajstić information content (AvgIpc) is 3.16. The Kier molecular flexibility index (Phi) is 9.18. The Bertz CT molecular complexity index is 1430. The smallest absolute Gasteiger partial charge is 0.294 e. The minimum atomic E-state index is -0.553. The van der Waals surface area contributed by atoms with Crippen LogP contribution in [0.1, 0.15) is 11.1 Å². The summed E-state index contributed by atoms with van der Waals surface area (Å²) >= 11 is 9.12. The predicted octanol–water partition coefficient (Wildman–Crippen LogP) is 6.22. The van der Waals surface area contributed by atoms with Crippen molar-refractivity contribution in [3.63, 3.8) is 0 Å². The summed E-state index contributed by atoms with van der Waals surface area (Å²) in [6.07, 6.45) is 1.59. The molecule has 0 radical (unpaired) electrons. The molecule has 3 aromatic rings. The van der Waals surface area contributed by atoms with Crippen LogP contribution in [0.5, 0.6) is 17.2 Å². The van der Waals surface area contributed by atoms with Crippen molar-refractivity contribution in [1.29, 1.82) is 0 Å². The maximum Gasteiger partial charge on any atom is 0.294 e. The average molecular weight is 665 g/mol. The maximum atomic E-state index is 13.0. The van der Waals surface area contributed by atoms with Crippen molar-refractivity contribution in [2.24, 2.45) is 0 Å². The molecule has 3 aromatic carbocycles. The van der Waals surface area contributed by atoms with Crippen LogP contribution in [0.25, 0.3) is 6.08 Å². The number of anilines is 1. The molecule has 3 amide bonds. The van der Waals surface area contributed by atoms with E-state index in [-0.39, 0.29) is 11.5 Å². The fourth-order valence-corrected chi connectivity index (χ4v) is 5.41. The number of carbonyl (C=O) groups is 3. The molecular formula is C27H22ClIN2O6S. The van der Waals surface area contributed by atoms with Crippen LogP contribution in [0.4, 0.5) is 10.5 Å². The second-order valence-electron chi connectivity index (χ2n) is 7.93. The number of hydrogen-bond donors (Lipinski definition) is 1. The lowest BCUT2D eigenvalue weighted by Crippen LogP contribution is -2.36. The summed E-state index contributed by atoms with van der Waals surface area (Å²) in [5.41, 5.74) is 1.92. The van der Waals surface area contributed by atoms with Crippen molar-refractivity contribution in [2.75, 3.05) is 26.1 Å². The summed E-state index contributed by atoms with van der Waals surface area (Å²) in [6.45, 7) is -0.170. The van der Waals surface area contributed by atoms with Gasteiger partial charge in [-0.15, -0.1) is 0 Å². The summed E-state index contributed by atoms with van der Waals surface area (Å²) in [6, 6.07) is 17.8. The number of ether oxygens (including phenoxy) is 3. The van der Waals surface area contributed by atoms with Crippen molar-refractivity contribution in [3.8, 4) is 17.2 Å². The number of rotatable bonds is 9. The van der Waals surface area contributed by atoms with E-state index in [0.717, 1.165) is 25.8 Å². The van der Waals surface area contributed by atoms with Gasteiger partial charge in [-0.2, -0.15) is 0 Å². The van der Waals surface area contributed by atoms with Gasteiger partial charge in [-0.1, -0.05) is 41.9 Å². The summed E-state index contributed by atoms with van der Waals surface area (Å²) in [5, 5.41) is 2.74. The molecule has 8 nitrogen and oxygen atoms in total. The van der Waals surface area contributed by atoms with Crippen LogP contribution in [0.15, 0.2) is 65.6 Å². The van der Waals surface area contributed by atoms with Gasteiger partial charge in [0, 0.05) is 10.6 Å². The van der Waals surface area contributed by atoms with Crippen LogP contribution in [-0.2, 0) is 16.2 Å². The number of hydrogen-bond acceptors (Lipinski definition) is 7. The Hall–Kier alpha value is -3.22. The summed E-state index contributed by atoms with van der Waals surface area (Å²) in [4.78, 5) is 39.2. The molecule has 0 unspecified atom stereocenters. The van der Waals surface area contributed by atoms with Gasteiger partial charge in [0.1, 0.15) is 18.9 Å². The monoisotopic (exact) mass is 664 g/mol. The van der Waals surface area contributed by atoms with E-state index in [1.165, 1.54) is 14.2 Å². The highest BCUT2D eigenvalue weighted by molar-refractivity contribution is 14.1. The van der Waals surface area contributed by atoms with Gasteiger partial charge in [-0.05, 0) is 76.3 Å². The first-order chi connectivity index (χ1) is 18.3. The number of amides is 3. The first-order valence-corrected chi connectivity index (χ1v) is 13.5. The molecule has 0 bridgehead atoms. The summed E-state index contributed by atoms with van der Waals surface area (Å²) < 4.78 is 17.5. The number of methoxy groups -OCH3 is 2. The third-order valence-corrected chi connectivity index (χ3v) is 7.51. The molecular weight excluding hydrogens is 643 g/mol. The molecule has 1 aliphatic heterocycles. The predicted molar refractivity (Wildman–Crippen MR) is 156 cm³/mol. The second-order valence-corrected chi connectivity index (χ2v) is 10.5. The van der Waals surface area contributed by atoms with Crippen molar-refractivity contribution < 1.29 is 28.6 Å². The number of carbonyl (C=O) groups excluding carboxylic acids is 3. The zero-order chi connectivity index (χ0) is 27.2. The van der Waals surface area contributed by atoms with Crippen LogP contribution >= 0.6 is 46.0 Å².